The number of pyridine rings is 1. The Labute approximate surface area is 190 Å². The fourth-order valence-corrected chi connectivity index (χ4v) is 4.08. The lowest BCUT2D eigenvalue weighted by molar-refractivity contribution is 0.0785. The van der Waals surface area contributed by atoms with Gasteiger partial charge in [0.25, 0.3) is 5.91 Å². The molecule has 30 heavy (non-hydrogen) atoms. The number of carbonyl (C=O) groups excluding carboxylic acids is 1. The fourth-order valence-electron chi connectivity index (χ4n) is 4.08. The minimum Gasteiger partial charge on any atom is -0.338 e. The SMILES string of the molecule is Cc1nc(-c2ccccc2)ccc1C(=O)N1C[C@@H](CN)[C@H](c2ccccc2)C1.Cl.Cl. The second kappa shape index (κ2) is 10.6. The second-order valence-electron chi connectivity index (χ2n) is 7.42. The molecule has 2 heterocycles. The first kappa shape index (κ1) is 23.9. The molecule has 2 aromatic carbocycles. The van der Waals surface area contributed by atoms with Crippen LogP contribution in [0.4, 0.5) is 0 Å². The highest BCUT2D eigenvalue weighted by Gasteiger charge is 2.36. The summed E-state index contributed by atoms with van der Waals surface area (Å²) in [7, 11) is 0. The third-order valence-electron chi connectivity index (χ3n) is 5.64. The zero-order valence-electron chi connectivity index (χ0n) is 16.9. The van der Waals surface area contributed by atoms with Gasteiger partial charge in [-0.1, -0.05) is 60.7 Å². The molecule has 1 aliphatic rings. The number of hydrogen-bond donors (Lipinski definition) is 1. The van der Waals surface area contributed by atoms with Crippen LogP contribution in [0.2, 0.25) is 0 Å². The Hall–Kier alpha value is -2.40. The normalized spacial score (nSPS) is 17.7. The van der Waals surface area contributed by atoms with Crippen LogP contribution in [-0.4, -0.2) is 35.4 Å². The standard InChI is InChI=1S/C24H25N3O.2ClH/c1-17-21(12-13-23(26-17)19-10-6-3-7-11-19)24(28)27-15-20(14-25)22(16-27)18-8-4-2-5-9-18;;/h2-13,20,22H,14-16,25H2,1H3;2*1H/t20-,22+;;/m1../s1. The summed E-state index contributed by atoms with van der Waals surface area (Å²) in [5.41, 5.74) is 10.7. The molecule has 1 saturated heterocycles. The van der Waals surface area contributed by atoms with Gasteiger partial charge in [-0.05, 0) is 37.1 Å². The molecule has 0 aliphatic carbocycles. The maximum atomic E-state index is 13.2. The van der Waals surface area contributed by atoms with E-state index in [1.807, 2.05) is 72.5 Å². The molecular weight excluding hydrogens is 417 g/mol. The lowest BCUT2D eigenvalue weighted by atomic mass is 9.89. The largest absolute Gasteiger partial charge is 0.338 e. The van der Waals surface area contributed by atoms with E-state index in [4.69, 9.17) is 5.73 Å². The molecule has 4 nitrogen and oxygen atoms in total. The number of nitrogens with two attached hydrogens (primary N) is 1. The van der Waals surface area contributed by atoms with Crippen molar-refractivity contribution in [2.24, 2.45) is 11.7 Å². The van der Waals surface area contributed by atoms with Gasteiger partial charge in [0.05, 0.1) is 17.0 Å². The van der Waals surface area contributed by atoms with Gasteiger partial charge in [-0.3, -0.25) is 9.78 Å². The number of aromatic nitrogens is 1. The van der Waals surface area contributed by atoms with Crippen LogP contribution < -0.4 is 5.73 Å². The summed E-state index contributed by atoms with van der Waals surface area (Å²) in [6.07, 6.45) is 0. The predicted octanol–water partition coefficient (Wildman–Crippen LogP) is 4.72. The molecule has 158 valence electrons. The highest BCUT2D eigenvalue weighted by atomic mass is 35.5. The molecule has 0 bridgehead atoms. The number of halogens is 2. The maximum absolute atomic E-state index is 13.2. The van der Waals surface area contributed by atoms with Crippen molar-refractivity contribution in [3.8, 4) is 11.3 Å². The summed E-state index contributed by atoms with van der Waals surface area (Å²) in [5.74, 6) is 0.608. The summed E-state index contributed by atoms with van der Waals surface area (Å²) < 4.78 is 0. The van der Waals surface area contributed by atoms with Crippen LogP contribution in [-0.2, 0) is 0 Å². The number of hydrogen-bond acceptors (Lipinski definition) is 3. The predicted molar refractivity (Wildman–Crippen MR) is 127 cm³/mol. The van der Waals surface area contributed by atoms with E-state index in [9.17, 15) is 4.79 Å². The third-order valence-corrected chi connectivity index (χ3v) is 5.64. The van der Waals surface area contributed by atoms with Gasteiger partial charge >= 0.3 is 0 Å². The first-order chi connectivity index (χ1) is 13.7. The number of amides is 1. The van der Waals surface area contributed by atoms with Gasteiger partial charge in [0.2, 0.25) is 0 Å². The summed E-state index contributed by atoms with van der Waals surface area (Å²) in [4.78, 5) is 19.8. The molecular formula is C24H27Cl2N3O. The van der Waals surface area contributed by atoms with E-state index < -0.39 is 0 Å². The number of aryl methyl sites for hydroxylation is 1. The summed E-state index contributed by atoms with van der Waals surface area (Å²) >= 11 is 0. The van der Waals surface area contributed by atoms with Crippen LogP contribution in [0.3, 0.4) is 0 Å². The zero-order valence-corrected chi connectivity index (χ0v) is 18.5. The van der Waals surface area contributed by atoms with Crippen LogP contribution in [0.25, 0.3) is 11.3 Å². The number of nitrogens with zero attached hydrogens (tertiary/aromatic N) is 2. The number of carbonyl (C=O) groups is 1. The Morgan fingerprint density at radius 3 is 2.20 bits per heavy atom. The second-order valence-corrected chi connectivity index (χ2v) is 7.42. The van der Waals surface area contributed by atoms with Crippen molar-refractivity contribution in [2.75, 3.05) is 19.6 Å². The Morgan fingerprint density at radius 1 is 0.967 bits per heavy atom. The van der Waals surface area contributed by atoms with Crippen LogP contribution in [0.5, 0.6) is 0 Å². The Balaban J connectivity index is 0.00000160. The van der Waals surface area contributed by atoms with E-state index in [2.05, 4.69) is 17.1 Å². The Morgan fingerprint density at radius 2 is 1.60 bits per heavy atom. The quantitative estimate of drug-likeness (QED) is 0.634. The Bertz CT molecular complexity index is 967. The molecule has 0 radical (unpaired) electrons. The van der Waals surface area contributed by atoms with Crippen LogP contribution in [0, 0.1) is 12.8 Å². The van der Waals surface area contributed by atoms with Crippen molar-refractivity contribution < 1.29 is 4.79 Å². The van der Waals surface area contributed by atoms with Crippen molar-refractivity contribution in [3.63, 3.8) is 0 Å². The summed E-state index contributed by atoms with van der Waals surface area (Å²) in [6.45, 7) is 3.87. The van der Waals surface area contributed by atoms with E-state index in [1.165, 1.54) is 5.56 Å². The van der Waals surface area contributed by atoms with Crippen molar-refractivity contribution >= 4 is 30.7 Å². The van der Waals surface area contributed by atoms with Gasteiger partial charge in [-0.25, -0.2) is 0 Å². The van der Waals surface area contributed by atoms with Crippen LogP contribution >= 0.6 is 24.8 Å². The van der Waals surface area contributed by atoms with Crippen LogP contribution in [0.1, 0.15) is 27.5 Å². The van der Waals surface area contributed by atoms with Crippen molar-refractivity contribution in [2.45, 2.75) is 12.8 Å². The van der Waals surface area contributed by atoms with Gasteiger partial charge in [-0.15, -0.1) is 24.8 Å². The molecule has 2 atom stereocenters. The minimum absolute atomic E-state index is 0. The van der Waals surface area contributed by atoms with Crippen molar-refractivity contribution in [1.29, 1.82) is 0 Å². The molecule has 2 N–H and O–H groups in total. The van der Waals surface area contributed by atoms with Gasteiger partial charge in [0, 0.05) is 24.6 Å². The number of rotatable bonds is 4. The Kier molecular flexibility index (Phi) is 8.42. The van der Waals surface area contributed by atoms with Crippen LogP contribution in [0.15, 0.2) is 72.8 Å². The van der Waals surface area contributed by atoms with Gasteiger partial charge in [-0.2, -0.15) is 0 Å². The molecule has 1 amide bonds. The molecule has 0 saturated carbocycles. The first-order valence-electron chi connectivity index (χ1n) is 9.74. The first-order valence-corrected chi connectivity index (χ1v) is 9.74. The topological polar surface area (TPSA) is 59.2 Å². The van der Waals surface area contributed by atoms with Gasteiger partial charge < -0.3 is 10.6 Å². The lowest BCUT2D eigenvalue weighted by Gasteiger charge is -2.18. The average Bonchev–Trinajstić information content (AvgIpc) is 3.19. The number of benzene rings is 2. The molecule has 1 aromatic heterocycles. The molecule has 4 rings (SSSR count). The smallest absolute Gasteiger partial charge is 0.255 e. The van der Waals surface area contributed by atoms with E-state index in [-0.39, 0.29) is 42.6 Å². The highest BCUT2D eigenvalue weighted by Crippen LogP contribution is 2.33. The summed E-state index contributed by atoms with van der Waals surface area (Å²) in [5, 5.41) is 0. The molecule has 6 heteroatoms. The number of likely N-dealkylation sites (tertiary alicyclic amines) is 1. The minimum atomic E-state index is 0. The van der Waals surface area contributed by atoms with Crippen molar-refractivity contribution in [3.05, 3.63) is 89.6 Å². The van der Waals surface area contributed by atoms with Gasteiger partial charge in [0.15, 0.2) is 0 Å². The fraction of sp³-hybridized carbons (Fsp3) is 0.250. The van der Waals surface area contributed by atoms with Crippen molar-refractivity contribution in [1.82, 2.24) is 9.88 Å². The summed E-state index contributed by atoms with van der Waals surface area (Å²) in [6, 6.07) is 24.2. The molecule has 0 unspecified atom stereocenters. The van der Waals surface area contributed by atoms with Gasteiger partial charge in [0.1, 0.15) is 0 Å². The monoisotopic (exact) mass is 443 g/mol. The molecule has 1 fully saturated rings. The van der Waals surface area contributed by atoms with E-state index in [0.717, 1.165) is 17.0 Å². The highest BCUT2D eigenvalue weighted by molar-refractivity contribution is 5.95. The van der Waals surface area contributed by atoms with E-state index in [0.29, 0.717) is 25.2 Å². The molecule has 3 aromatic rings. The van der Waals surface area contributed by atoms with E-state index >= 15 is 0 Å². The average molecular weight is 444 g/mol. The maximum Gasteiger partial charge on any atom is 0.255 e. The molecule has 1 aliphatic heterocycles. The molecule has 0 spiro atoms. The zero-order chi connectivity index (χ0) is 19.5. The third kappa shape index (κ3) is 4.84. The lowest BCUT2D eigenvalue weighted by Crippen LogP contribution is -2.30. The van der Waals surface area contributed by atoms with E-state index in [1.54, 1.807) is 0 Å².